The molecule has 1 aliphatic heterocycles. The van der Waals surface area contributed by atoms with Crippen molar-refractivity contribution in [1.29, 1.82) is 10.5 Å². The van der Waals surface area contributed by atoms with Gasteiger partial charge in [-0.05, 0) is 18.6 Å². The van der Waals surface area contributed by atoms with Gasteiger partial charge in [-0.25, -0.2) is 0 Å². The van der Waals surface area contributed by atoms with E-state index < -0.39 is 0 Å². The van der Waals surface area contributed by atoms with Gasteiger partial charge in [0.15, 0.2) is 0 Å². The summed E-state index contributed by atoms with van der Waals surface area (Å²) in [4.78, 5) is 14.4. The Morgan fingerprint density at radius 1 is 1.09 bits per heavy atom. The number of amides is 1. The van der Waals surface area contributed by atoms with E-state index in [9.17, 15) is 4.79 Å². The third-order valence-corrected chi connectivity index (χ3v) is 3.82. The summed E-state index contributed by atoms with van der Waals surface area (Å²) in [5.74, 6) is -0.300. The lowest BCUT2D eigenvalue weighted by Crippen LogP contribution is -2.26. The fourth-order valence-electron chi connectivity index (χ4n) is 2.81. The van der Waals surface area contributed by atoms with Gasteiger partial charge in [-0.1, -0.05) is 48.0 Å². The average molecular weight is 299 g/mol. The minimum absolute atomic E-state index is 0.144. The summed E-state index contributed by atoms with van der Waals surface area (Å²) >= 11 is 0. The highest BCUT2D eigenvalue weighted by molar-refractivity contribution is 6.34. The third kappa shape index (κ3) is 2.47. The van der Waals surface area contributed by atoms with Crippen molar-refractivity contribution in [3.05, 3.63) is 70.8 Å². The van der Waals surface area contributed by atoms with Gasteiger partial charge in [0.25, 0.3) is 5.91 Å². The van der Waals surface area contributed by atoms with Crippen LogP contribution in [0.3, 0.4) is 0 Å². The fraction of sp³-hybridized carbons (Fsp3) is 0.105. The van der Waals surface area contributed by atoms with E-state index >= 15 is 0 Å². The lowest BCUT2D eigenvalue weighted by molar-refractivity contribution is -0.113. The zero-order valence-corrected chi connectivity index (χ0v) is 12.6. The summed E-state index contributed by atoms with van der Waals surface area (Å²) in [5.41, 5.74) is 3.55. The molecule has 0 radical (unpaired) electrons. The first-order chi connectivity index (χ1) is 11.2. The largest absolute Gasteiger partial charge is 0.303 e. The molecule has 1 aliphatic rings. The molecule has 0 spiro atoms. The van der Waals surface area contributed by atoms with Crippen molar-refractivity contribution < 1.29 is 4.79 Å². The van der Waals surface area contributed by atoms with Crippen molar-refractivity contribution in [1.82, 2.24) is 0 Å². The van der Waals surface area contributed by atoms with Crippen LogP contribution in [0.25, 0.3) is 5.57 Å². The molecule has 2 aromatic rings. The van der Waals surface area contributed by atoms with Crippen LogP contribution in [0.15, 0.2) is 54.1 Å². The second kappa shape index (κ2) is 5.79. The molecule has 0 saturated carbocycles. The number of nitriles is 2. The molecule has 3 rings (SSSR count). The Hall–Kier alpha value is -3.37. The van der Waals surface area contributed by atoms with E-state index in [4.69, 9.17) is 10.5 Å². The van der Waals surface area contributed by atoms with Crippen LogP contribution in [0.2, 0.25) is 0 Å². The molecule has 1 amide bonds. The molecular weight excluding hydrogens is 286 g/mol. The molecule has 4 heteroatoms. The van der Waals surface area contributed by atoms with Gasteiger partial charge in [0.05, 0.1) is 17.8 Å². The van der Waals surface area contributed by atoms with E-state index in [0.717, 1.165) is 16.8 Å². The molecular formula is C19H13N3O. The Morgan fingerprint density at radius 2 is 1.83 bits per heavy atom. The summed E-state index contributed by atoms with van der Waals surface area (Å²) in [5, 5.41) is 18.3. The van der Waals surface area contributed by atoms with Gasteiger partial charge in [-0.3, -0.25) is 4.79 Å². The Balaban J connectivity index is 2.10. The Morgan fingerprint density at radius 3 is 2.52 bits per heavy atom. The lowest BCUT2D eigenvalue weighted by atomic mass is 10.0. The van der Waals surface area contributed by atoms with Gasteiger partial charge in [0, 0.05) is 5.56 Å². The molecule has 23 heavy (non-hydrogen) atoms. The molecule has 0 N–H and O–H groups in total. The first kappa shape index (κ1) is 14.6. The predicted molar refractivity (Wildman–Crippen MR) is 87.0 cm³/mol. The smallest absolute Gasteiger partial charge is 0.261 e. The summed E-state index contributed by atoms with van der Waals surface area (Å²) in [6, 6.07) is 18.8. The first-order valence-corrected chi connectivity index (χ1v) is 7.17. The number of aryl methyl sites for hydroxylation is 1. The molecule has 0 atom stereocenters. The highest BCUT2D eigenvalue weighted by Crippen LogP contribution is 2.38. The number of fused-ring (bicyclic) bond motifs is 1. The van der Waals surface area contributed by atoms with Crippen LogP contribution >= 0.6 is 0 Å². The maximum Gasteiger partial charge on any atom is 0.261 e. The molecule has 0 bridgehead atoms. The number of allylic oxidation sites excluding steroid dienone is 1. The second-order valence-electron chi connectivity index (χ2n) is 5.37. The van der Waals surface area contributed by atoms with Gasteiger partial charge in [-0.15, -0.1) is 0 Å². The quantitative estimate of drug-likeness (QED) is 0.631. The first-order valence-electron chi connectivity index (χ1n) is 7.17. The lowest BCUT2D eigenvalue weighted by Gasteiger charge is -2.17. The summed E-state index contributed by atoms with van der Waals surface area (Å²) in [7, 11) is 0. The zero-order chi connectivity index (χ0) is 16.4. The number of hydrogen-bond acceptors (Lipinski definition) is 3. The molecule has 1 heterocycles. The number of anilines is 1. The number of nitrogens with zero attached hydrogens (tertiary/aromatic N) is 3. The maximum absolute atomic E-state index is 12.8. The maximum atomic E-state index is 12.8. The standard InChI is InChI=1S/C19H13N3O/c1-13-5-4-6-14(9-13)12-22-17-8-3-2-7-16(17)18(19(22)23)15(10-20)11-21/h2-9H,12H2,1H3. The third-order valence-electron chi connectivity index (χ3n) is 3.82. The Bertz CT molecular complexity index is 897. The molecule has 4 nitrogen and oxygen atoms in total. The molecule has 0 unspecified atom stereocenters. The van der Waals surface area contributed by atoms with Crippen LogP contribution in [0.5, 0.6) is 0 Å². The molecule has 0 aliphatic carbocycles. The van der Waals surface area contributed by atoms with Gasteiger partial charge < -0.3 is 4.90 Å². The average Bonchev–Trinajstić information content (AvgIpc) is 2.83. The minimum Gasteiger partial charge on any atom is -0.303 e. The second-order valence-corrected chi connectivity index (χ2v) is 5.37. The van der Waals surface area contributed by atoms with E-state index in [1.807, 2.05) is 55.5 Å². The van der Waals surface area contributed by atoms with Crippen molar-refractivity contribution in [3.63, 3.8) is 0 Å². The highest BCUT2D eigenvalue weighted by Gasteiger charge is 2.34. The number of benzene rings is 2. The van der Waals surface area contributed by atoms with Crippen LogP contribution in [-0.2, 0) is 11.3 Å². The van der Waals surface area contributed by atoms with Crippen LogP contribution in [0.4, 0.5) is 5.69 Å². The van der Waals surface area contributed by atoms with Crippen LogP contribution < -0.4 is 4.90 Å². The van der Waals surface area contributed by atoms with Crippen molar-refractivity contribution in [2.24, 2.45) is 0 Å². The van der Waals surface area contributed by atoms with Crippen molar-refractivity contribution in [2.75, 3.05) is 4.90 Å². The van der Waals surface area contributed by atoms with Gasteiger partial charge >= 0.3 is 0 Å². The van der Waals surface area contributed by atoms with E-state index in [2.05, 4.69) is 0 Å². The van der Waals surface area contributed by atoms with Crippen molar-refractivity contribution in [3.8, 4) is 12.1 Å². The van der Waals surface area contributed by atoms with Crippen LogP contribution in [0.1, 0.15) is 16.7 Å². The predicted octanol–water partition coefficient (Wildman–Crippen LogP) is 3.34. The van der Waals surface area contributed by atoms with Crippen LogP contribution in [0, 0.1) is 29.6 Å². The molecule has 2 aromatic carbocycles. The summed E-state index contributed by atoms with van der Waals surface area (Å²) < 4.78 is 0. The highest BCUT2D eigenvalue weighted by atomic mass is 16.2. The zero-order valence-electron chi connectivity index (χ0n) is 12.6. The van der Waals surface area contributed by atoms with Gasteiger partial charge in [0.2, 0.25) is 0 Å². The van der Waals surface area contributed by atoms with Crippen molar-refractivity contribution >= 4 is 17.2 Å². The van der Waals surface area contributed by atoms with E-state index in [0.29, 0.717) is 12.1 Å². The number of carbonyl (C=O) groups is 1. The monoisotopic (exact) mass is 299 g/mol. The SMILES string of the molecule is Cc1cccc(CN2C(=O)C(=C(C#N)C#N)c3ccccc32)c1. The number of para-hydroxylation sites is 1. The Labute approximate surface area is 134 Å². The Kier molecular flexibility index (Phi) is 3.66. The van der Waals surface area contributed by atoms with E-state index in [-0.39, 0.29) is 17.1 Å². The van der Waals surface area contributed by atoms with E-state index in [1.165, 1.54) is 0 Å². The number of rotatable bonds is 2. The van der Waals surface area contributed by atoms with Gasteiger partial charge in [0.1, 0.15) is 17.7 Å². The molecule has 0 aromatic heterocycles. The number of carbonyl (C=O) groups excluding carboxylic acids is 1. The molecule has 0 fully saturated rings. The summed E-state index contributed by atoms with van der Waals surface area (Å²) in [6.45, 7) is 2.41. The number of hydrogen-bond donors (Lipinski definition) is 0. The minimum atomic E-state index is -0.300. The topological polar surface area (TPSA) is 67.9 Å². The molecule has 110 valence electrons. The fourth-order valence-corrected chi connectivity index (χ4v) is 2.81. The van der Waals surface area contributed by atoms with Crippen LogP contribution in [-0.4, -0.2) is 5.91 Å². The van der Waals surface area contributed by atoms with Gasteiger partial charge in [-0.2, -0.15) is 10.5 Å². The molecule has 0 saturated heterocycles. The summed E-state index contributed by atoms with van der Waals surface area (Å²) in [6.07, 6.45) is 0. The van der Waals surface area contributed by atoms with Crippen molar-refractivity contribution in [2.45, 2.75) is 13.5 Å². The normalized spacial score (nSPS) is 12.6. The van der Waals surface area contributed by atoms with E-state index in [1.54, 1.807) is 17.0 Å².